The van der Waals surface area contributed by atoms with Crippen molar-refractivity contribution < 1.29 is 9.13 Å². The molecule has 2 N–H and O–H groups in total. The van der Waals surface area contributed by atoms with Gasteiger partial charge >= 0.3 is 0 Å². The van der Waals surface area contributed by atoms with E-state index in [1.54, 1.807) is 17.8 Å². The summed E-state index contributed by atoms with van der Waals surface area (Å²) in [6.07, 6.45) is 2.00. The Morgan fingerprint density at radius 1 is 1.53 bits per heavy atom. The molecule has 0 bridgehead atoms. The summed E-state index contributed by atoms with van der Waals surface area (Å²) in [6.45, 7) is 2.43. The molecular weight excluding hydrogens is 213 g/mol. The zero-order valence-electron chi connectivity index (χ0n) is 9.00. The average molecular weight is 229 g/mol. The molecule has 1 aromatic rings. The molecule has 0 saturated heterocycles. The van der Waals surface area contributed by atoms with Crippen molar-refractivity contribution in [2.24, 2.45) is 5.73 Å². The van der Waals surface area contributed by atoms with Crippen LogP contribution in [0.1, 0.15) is 18.5 Å². The molecule has 0 fully saturated rings. The van der Waals surface area contributed by atoms with Crippen LogP contribution < -0.4 is 10.5 Å². The zero-order valence-corrected chi connectivity index (χ0v) is 9.81. The van der Waals surface area contributed by atoms with Gasteiger partial charge in [-0.05, 0) is 19.2 Å². The van der Waals surface area contributed by atoms with Gasteiger partial charge in [0.2, 0.25) is 0 Å². The number of thioether (sulfide) groups is 1. The molecule has 0 aliphatic rings. The largest absolute Gasteiger partial charge is 0.492 e. The van der Waals surface area contributed by atoms with Gasteiger partial charge in [-0.3, -0.25) is 0 Å². The first-order valence-corrected chi connectivity index (χ1v) is 6.21. The standard InChI is InChI=1S/C11H16FNOS/c1-8(13)10-4-3-9(12)7-11(10)14-5-6-15-2/h3-4,7-8H,5-6,13H2,1-2H3. The minimum atomic E-state index is -0.293. The summed E-state index contributed by atoms with van der Waals surface area (Å²) in [5.74, 6) is 1.15. The molecule has 0 aliphatic carbocycles. The number of halogens is 1. The number of rotatable bonds is 5. The predicted molar refractivity (Wildman–Crippen MR) is 62.9 cm³/mol. The third-order valence-corrected chi connectivity index (χ3v) is 2.59. The second-order valence-corrected chi connectivity index (χ2v) is 4.30. The predicted octanol–water partition coefficient (Wildman–Crippen LogP) is 2.59. The van der Waals surface area contributed by atoms with Gasteiger partial charge in [0, 0.05) is 23.4 Å². The van der Waals surface area contributed by atoms with Crippen molar-refractivity contribution >= 4 is 11.8 Å². The van der Waals surface area contributed by atoms with Crippen LogP contribution in [0.4, 0.5) is 4.39 Å². The van der Waals surface area contributed by atoms with E-state index in [0.717, 1.165) is 11.3 Å². The van der Waals surface area contributed by atoms with E-state index in [0.29, 0.717) is 12.4 Å². The highest BCUT2D eigenvalue weighted by atomic mass is 32.2. The Kier molecular flexibility index (Phi) is 4.91. The molecule has 1 aromatic carbocycles. The fourth-order valence-corrected chi connectivity index (χ4v) is 1.49. The maximum absolute atomic E-state index is 13.0. The molecule has 84 valence electrons. The summed E-state index contributed by atoms with van der Waals surface area (Å²) in [5, 5.41) is 0. The van der Waals surface area contributed by atoms with E-state index in [9.17, 15) is 4.39 Å². The molecule has 0 amide bonds. The monoisotopic (exact) mass is 229 g/mol. The molecule has 0 heterocycles. The van der Waals surface area contributed by atoms with Gasteiger partial charge in [-0.15, -0.1) is 0 Å². The summed E-state index contributed by atoms with van der Waals surface area (Å²) >= 11 is 1.69. The number of hydrogen-bond acceptors (Lipinski definition) is 3. The van der Waals surface area contributed by atoms with Crippen LogP contribution in [-0.2, 0) is 0 Å². The van der Waals surface area contributed by atoms with Crippen molar-refractivity contribution in [3.05, 3.63) is 29.6 Å². The van der Waals surface area contributed by atoms with Crippen LogP contribution in [0.15, 0.2) is 18.2 Å². The Morgan fingerprint density at radius 2 is 2.27 bits per heavy atom. The summed E-state index contributed by atoms with van der Waals surface area (Å²) in [4.78, 5) is 0. The lowest BCUT2D eigenvalue weighted by Gasteiger charge is -2.13. The number of ether oxygens (including phenoxy) is 1. The SMILES string of the molecule is CSCCOc1cc(F)ccc1C(C)N. The van der Waals surface area contributed by atoms with Gasteiger partial charge in [0.15, 0.2) is 0 Å². The summed E-state index contributed by atoms with van der Waals surface area (Å²) in [7, 11) is 0. The minimum Gasteiger partial charge on any atom is -0.492 e. The van der Waals surface area contributed by atoms with Crippen LogP contribution in [0.5, 0.6) is 5.75 Å². The molecule has 0 aromatic heterocycles. The molecule has 2 nitrogen and oxygen atoms in total. The lowest BCUT2D eigenvalue weighted by molar-refractivity contribution is 0.336. The van der Waals surface area contributed by atoms with E-state index in [4.69, 9.17) is 10.5 Å². The number of benzene rings is 1. The number of hydrogen-bond donors (Lipinski definition) is 1. The number of nitrogens with two attached hydrogens (primary N) is 1. The van der Waals surface area contributed by atoms with Gasteiger partial charge in [0.05, 0.1) is 6.61 Å². The highest BCUT2D eigenvalue weighted by Crippen LogP contribution is 2.24. The lowest BCUT2D eigenvalue weighted by atomic mass is 10.1. The van der Waals surface area contributed by atoms with Crippen LogP contribution in [0.25, 0.3) is 0 Å². The Bertz CT molecular complexity index is 317. The third-order valence-electron chi connectivity index (χ3n) is 2.01. The molecule has 0 aliphatic heterocycles. The van der Waals surface area contributed by atoms with Crippen molar-refractivity contribution in [2.45, 2.75) is 13.0 Å². The van der Waals surface area contributed by atoms with E-state index in [-0.39, 0.29) is 11.9 Å². The maximum Gasteiger partial charge on any atom is 0.127 e. The molecule has 1 rings (SSSR count). The maximum atomic E-state index is 13.0. The zero-order chi connectivity index (χ0) is 11.3. The van der Waals surface area contributed by atoms with E-state index in [1.807, 2.05) is 13.2 Å². The van der Waals surface area contributed by atoms with Gasteiger partial charge < -0.3 is 10.5 Å². The Morgan fingerprint density at radius 3 is 2.87 bits per heavy atom. The Balaban J connectivity index is 2.77. The van der Waals surface area contributed by atoms with Crippen LogP contribution in [0.2, 0.25) is 0 Å². The minimum absolute atomic E-state index is 0.144. The first-order chi connectivity index (χ1) is 7.15. The smallest absolute Gasteiger partial charge is 0.127 e. The van der Waals surface area contributed by atoms with E-state index in [2.05, 4.69) is 0 Å². The van der Waals surface area contributed by atoms with Crippen molar-refractivity contribution in [1.82, 2.24) is 0 Å². The second kappa shape index (κ2) is 5.98. The van der Waals surface area contributed by atoms with Gasteiger partial charge in [-0.2, -0.15) is 11.8 Å². The molecule has 0 saturated carbocycles. The molecular formula is C11H16FNOS. The molecule has 0 radical (unpaired) electrons. The van der Waals surface area contributed by atoms with Crippen LogP contribution in [-0.4, -0.2) is 18.6 Å². The fraction of sp³-hybridized carbons (Fsp3) is 0.455. The summed E-state index contributed by atoms with van der Waals surface area (Å²) < 4.78 is 18.5. The fourth-order valence-electron chi connectivity index (χ4n) is 1.24. The average Bonchev–Trinajstić information content (AvgIpc) is 2.18. The van der Waals surface area contributed by atoms with Crippen LogP contribution in [0, 0.1) is 5.82 Å². The van der Waals surface area contributed by atoms with E-state index >= 15 is 0 Å². The highest BCUT2D eigenvalue weighted by Gasteiger charge is 2.08. The van der Waals surface area contributed by atoms with Crippen molar-refractivity contribution in [2.75, 3.05) is 18.6 Å². The van der Waals surface area contributed by atoms with Crippen molar-refractivity contribution in [3.63, 3.8) is 0 Å². The van der Waals surface area contributed by atoms with Gasteiger partial charge in [0.1, 0.15) is 11.6 Å². The molecule has 15 heavy (non-hydrogen) atoms. The molecule has 1 atom stereocenters. The summed E-state index contributed by atoms with van der Waals surface area (Å²) in [6, 6.07) is 4.32. The van der Waals surface area contributed by atoms with Crippen LogP contribution >= 0.6 is 11.8 Å². The topological polar surface area (TPSA) is 35.2 Å². The quantitative estimate of drug-likeness (QED) is 0.788. The Labute approximate surface area is 94.0 Å². The molecule has 0 spiro atoms. The van der Waals surface area contributed by atoms with E-state index in [1.165, 1.54) is 12.1 Å². The molecule has 4 heteroatoms. The highest BCUT2D eigenvalue weighted by molar-refractivity contribution is 7.98. The lowest BCUT2D eigenvalue weighted by Crippen LogP contribution is -2.09. The second-order valence-electron chi connectivity index (χ2n) is 3.31. The normalized spacial score (nSPS) is 12.5. The molecule has 1 unspecified atom stereocenters. The van der Waals surface area contributed by atoms with Gasteiger partial charge in [-0.1, -0.05) is 6.07 Å². The van der Waals surface area contributed by atoms with Crippen molar-refractivity contribution in [1.29, 1.82) is 0 Å². The first kappa shape index (κ1) is 12.3. The first-order valence-electron chi connectivity index (χ1n) is 4.82. The van der Waals surface area contributed by atoms with Gasteiger partial charge in [0.25, 0.3) is 0 Å². The summed E-state index contributed by atoms with van der Waals surface area (Å²) in [5.41, 5.74) is 6.61. The van der Waals surface area contributed by atoms with Crippen LogP contribution in [0.3, 0.4) is 0 Å². The Hall–Kier alpha value is -0.740. The van der Waals surface area contributed by atoms with E-state index < -0.39 is 0 Å². The third kappa shape index (κ3) is 3.72. The van der Waals surface area contributed by atoms with Crippen molar-refractivity contribution in [3.8, 4) is 5.75 Å². The van der Waals surface area contributed by atoms with Gasteiger partial charge in [-0.25, -0.2) is 4.39 Å².